The molecule has 2 rings (SSSR count). The molecule has 1 aromatic rings. The molecule has 94 valence electrons. The van der Waals surface area contributed by atoms with Crippen molar-refractivity contribution in [3.63, 3.8) is 0 Å². The minimum Gasteiger partial charge on any atom is -0.397 e. The maximum absolute atomic E-state index is 5.76. The van der Waals surface area contributed by atoms with Gasteiger partial charge in [-0.25, -0.2) is 4.98 Å². The molecule has 0 aliphatic heterocycles. The van der Waals surface area contributed by atoms with Crippen molar-refractivity contribution >= 4 is 11.5 Å². The van der Waals surface area contributed by atoms with Crippen LogP contribution in [0.5, 0.6) is 0 Å². The van der Waals surface area contributed by atoms with Crippen LogP contribution in [0.1, 0.15) is 38.2 Å². The Morgan fingerprint density at radius 3 is 3.00 bits per heavy atom. The third-order valence-electron chi connectivity index (χ3n) is 3.77. The molecule has 3 nitrogen and oxygen atoms in total. The van der Waals surface area contributed by atoms with Gasteiger partial charge >= 0.3 is 0 Å². The summed E-state index contributed by atoms with van der Waals surface area (Å²) in [7, 11) is 0. The Balaban J connectivity index is 1.86. The van der Waals surface area contributed by atoms with Crippen LogP contribution in [-0.4, -0.2) is 11.5 Å². The maximum Gasteiger partial charge on any atom is 0.126 e. The van der Waals surface area contributed by atoms with Crippen molar-refractivity contribution < 1.29 is 0 Å². The van der Waals surface area contributed by atoms with E-state index in [9.17, 15) is 0 Å². The molecule has 1 aliphatic rings. The summed E-state index contributed by atoms with van der Waals surface area (Å²) in [5, 5.41) is 3.44. The van der Waals surface area contributed by atoms with Gasteiger partial charge in [0, 0.05) is 6.54 Å². The second-order valence-corrected chi connectivity index (χ2v) is 5.44. The molecule has 0 radical (unpaired) electrons. The van der Waals surface area contributed by atoms with Gasteiger partial charge in [0.05, 0.1) is 11.9 Å². The van der Waals surface area contributed by atoms with Gasteiger partial charge in [0.1, 0.15) is 5.82 Å². The van der Waals surface area contributed by atoms with E-state index in [1.165, 1.54) is 25.7 Å². The minimum absolute atomic E-state index is 0.766. The van der Waals surface area contributed by atoms with Gasteiger partial charge in [0.25, 0.3) is 0 Å². The number of nitrogens with one attached hydrogen (secondary N) is 1. The van der Waals surface area contributed by atoms with Crippen molar-refractivity contribution in [2.75, 3.05) is 17.6 Å². The predicted octanol–water partition coefficient (Wildman–Crippen LogP) is 3.21. The Kier molecular flexibility index (Phi) is 3.87. The monoisotopic (exact) mass is 233 g/mol. The maximum atomic E-state index is 5.76. The van der Waals surface area contributed by atoms with E-state index in [4.69, 9.17) is 5.73 Å². The van der Waals surface area contributed by atoms with Crippen molar-refractivity contribution in [2.45, 2.75) is 39.5 Å². The number of nitrogens with zero attached hydrogens (tertiary/aromatic N) is 1. The number of pyridine rings is 1. The summed E-state index contributed by atoms with van der Waals surface area (Å²) in [6.45, 7) is 5.42. The lowest BCUT2D eigenvalue weighted by atomic mass is 9.82. The molecule has 0 spiro atoms. The van der Waals surface area contributed by atoms with Crippen LogP contribution in [0, 0.1) is 18.8 Å². The Morgan fingerprint density at radius 2 is 2.29 bits per heavy atom. The van der Waals surface area contributed by atoms with E-state index in [0.29, 0.717) is 0 Å². The first-order chi connectivity index (χ1) is 8.15. The summed E-state index contributed by atoms with van der Waals surface area (Å²) in [6, 6.07) is 2.03. The van der Waals surface area contributed by atoms with E-state index in [-0.39, 0.29) is 0 Å². The molecule has 3 heteroatoms. The molecule has 1 fully saturated rings. The first kappa shape index (κ1) is 12.2. The second kappa shape index (κ2) is 5.39. The molecule has 2 atom stereocenters. The second-order valence-electron chi connectivity index (χ2n) is 5.44. The Labute approximate surface area is 104 Å². The highest BCUT2D eigenvalue weighted by molar-refractivity contribution is 5.50. The molecular weight excluding hydrogens is 210 g/mol. The lowest BCUT2D eigenvalue weighted by molar-refractivity contribution is 0.293. The van der Waals surface area contributed by atoms with Gasteiger partial charge in [-0.3, -0.25) is 0 Å². The number of aryl methyl sites for hydroxylation is 1. The van der Waals surface area contributed by atoms with Gasteiger partial charge in [-0.15, -0.1) is 0 Å². The fourth-order valence-electron chi connectivity index (χ4n) is 2.66. The standard InChI is InChI=1S/C14H23N3/c1-10-4-3-5-12(6-10)8-16-14-7-11(2)13(15)9-17-14/h7,9-10,12H,3-6,8,15H2,1-2H3,(H,16,17). The molecule has 2 unspecified atom stereocenters. The average Bonchev–Trinajstić information content (AvgIpc) is 2.31. The lowest BCUT2D eigenvalue weighted by Gasteiger charge is -2.27. The normalized spacial score (nSPS) is 24.6. The van der Waals surface area contributed by atoms with Crippen LogP contribution in [0.25, 0.3) is 0 Å². The van der Waals surface area contributed by atoms with Gasteiger partial charge < -0.3 is 11.1 Å². The number of anilines is 2. The van der Waals surface area contributed by atoms with Gasteiger partial charge in [0.15, 0.2) is 0 Å². The molecular formula is C14H23N3. The SMILES string of the molecule is Cc1cc(NCC2CCCC(C)C2)ncc1N. The number of hydrogen-bond acceptors (Lipinski definition) is 3. The predicted molar refractivity (Wildman–Crippen MR) is 73.0 cm³/mol. The van der Waals surface area contributed by atoms with E-state index in [2.05, 4.69) is 17.2 Å². The summed E-state index contributed by atoms with van der Waals surface area (Å²) in [4.78, 5) is 4.31. The number of nitrogens with two attached hydrogens (primary N) is 1. The zero-order valence-electron chi connectivity index (χ0n) is 10.9. The number of aromatic nitrogens is 1. The van der Waals surface area contributed by atoms with Crippen molar-refractivity contribution in [3.05, 3.63) is 17.8 Å². The smallest absolute Gasteiger partial charge is 0.126 e. The molecule has 3 N–H and O–H groups in total. The van der Waals surface area contributed by atoms with Gasteiger partial charge in [-0.2, -0.15) is 0 Å². The van der Waals surface area contributed by atoms with E-state index in [1.807, 2.05) is 13.0 Å². The molecule has 0 aromatic carbocycles. The van der Waals surface area contributed by atoms with Crippen LogP contribution >= 0.6 is 0 Å². The van der Waals surface area contributed by atoms with Crippen molar-refractivity contribution in [1.29, 1.82) is 0 Å². The first-order valence-corrected chi connectivity index (χ1v) is 6.61. The van der Waals surface area contributed by atoms with Crippen LogP contribution in [-0.2, 0) is 0 Å². The molecule has 1 heterocycles. The summed E-state index contributed by atoms with van der Waals surface area (Å²) in [6.07, 6.45) is 7.21. The summed E-state index contributed by atoms with van der Waals surface area (Å²) in [5.74, 6) is 2.64. The van der Waals surface area contributed by atoms with E-state index in [1.54, 1.807) is 6.20 Å². The number of hydrogen-bond donors (Lipinski definition) is 2. The Bertz CT molecular complexity index is 376. The zero-order chi connectivity index (χ0) is 12.3. The molecule has 1 saturated carbocycles. The van der Waals surface area contributed by atoms with Crippen molar-refractivity contribution in [2.24, 2.45) is 11.8 Å². The largest absolute Gasteiger partial charge is 0.397 e. The Hall–Kier alpha value is -1.25. The number of rotatable bonds is 3. The zero-order valence-corrected chi connectivity index (χ0v) is 10.9. The first-order valence-electron chi connectivity index (χ1n) is 6.61. The molecule has 0 amide bonds. The summed E-state index contributed by atoms with van der Waals surface area (Å²) >= 11 is 0. The lowest BCUT2D eigenvalue weighted by Crippen LogP contribution is -2.21. The van der Waals surface area contributed by atoms with Crippen LogP contribution in [0.3, 0.4) is 0 Å². The van der Waals surface area contributed by atoms with Crippen LogP contribution in [0.4, 0.5) is 11.5 Å². The minimum atomic E-state index is 0.766. The summed E-state index contributed by atoms with van der Waals surface area (Å²) < 4.78 is 0. The van der Waals surface area contributed by atoms with Crippen LogP contribution < -0.4 is 11.1 Å². The molecule has 1 aromatic heterocycles. The third-order valence-corrected chi connectivity index (χ3v) is 3.77. The topological polar surface area (TPSA) is 50.9 Å². The highest BCUT2D eigenvalue weighted by atomic mass is 15.0. The van der Waals surface area contributed by atoms with Gasteiger partial charge in [-0.05, 0) is 43.2 Å². The van der Waals surface area contributed by atoms with E-state index in [0.717, 1.165) is 35.4 Å². The number of nitrogen functional groups attached to an aromatic ring is 1. The van der Waals surface area contributed by atoms with E-state index >= 15 is 0 Å². The molecule has 0 saturated heterocycles. The molecule has 17 heavy (non-hydrogen) atoms. The highest BCUT2D eigenvalue weighted by Gasteiger charge is 2.18. The quantitative estimate of drug-likeness (QED) is 0.843. The fraction of sp³-hybridized carbons (Fsp3) is 0.643. The van der Waals surface area contributed by atoms with Crippen molar-refractivity contribution in [3.8, 4) is 0 Å². The highest BCUT2D eigenvalue weighted by Crippen LogP contribution is 2.28. The van der Waals surface area contributed by atoms with Gasteiger partial charge in [0.2, 0.25) is 0 Å². The molecule has 0 bridgehead atoms. The average molecular weight is 233 g/mol. The van der Waals surface area contributed by atoms with Gasteiger partial charge in [-0.1, -0.05) is 19.8 Å². The third kappa shape index (κ3) is 3.35. The van der Waals surface area contributed by atoms with Crippen LogP contribution in [0.15, 0.2) is 12.3 Å². The van der Waals surface area contributed by atoms with E-state index < -0.39 is 0 Å². The summed E-state index contributed by atoms with van der Waals surface area (Å²) in [5.41, 5.74) is 7.62. The molecule has 1 aliphatic carbocycles. The Morgan fingerprint density at radius 1 is 1.47 bits per heavy atom. The fourth-order valence-corrected chi connectivity index (χ4v) is 2.66. The van der Waals surface area contributed by atoms with Crippen molar-refractivity contribution in [1.82, 2.24) is 4.98 Å². The van der Waals surface area contributed by atoms with Crippen LogP contribution in [0.2, 0.25) is 0 Å².